The molecule has 1 aromatic carbocycles. The van der Waals surface area contributed by atoms with Crippen LogP contribution < -0.4 is 0 Å². The number of carbonyl (C=O) groups is 3. The first kappa shape index (κ1) is 22.6. The highest BCUT2D eigenvalue weighted by Gasteiger charge is 2.36. The average Bonchev–Trinajstić information content (AvgIpc) is 3.51. The van der Waals surface area contributed by atoms with Crippen LogP contribution in [0.1, 0.15) is 63.4 Å². The largest absolute Gasteiger partial charge is 0.342 e. The summed E-state index contributed by atoms with van der Waals surface area (Å²) in [6.07, 6.45) is 4.46. The van der Waals surface area contributed by atoms with Crippen molar-refractivity contribution in [1.29, 1.82) is 0 Å². The number of aryl methyl sites for hydroxylation is 2. The molecular formula is C26H33N5O3. The summed E-state index contributed by atoms with van der Waals surface area (Å²) in [6, 6.07) is 7.61. The van der Waals surface area contributed by atoms with Crippen LogP contribution in [0.5, 0.6) is 0 Å². The predicted molar refractivity (Wildman–Crippen MR) is 127 cm³/mol. The number of fused-ring (bicyclic) bond motifs is 1. The number of amides is 3. The lowest BCUT2D eigenvalue weighted by atomic mass is 9.95. The molecule has 3 aliphatic heterocycles. The van der Waals surface area contributed by atoms with Gasteiger partial charge in [0, 0.05) is 63.0 Å². The van der Waals surface area contributed by atoms with E-state index in [0.29, 0.717) is 43.9 Å². The third kappa shape index (κ3) is 4.10. The molecule has 0 N–H and O–H groups in total. The Labute approximate surface area is 200 Å². The fourth-order valence-corrected chi connectivity index (χ4v) is 5.63. The lowest BCUT2D eigenvalue weighted by Gasteiger charge is -2.34. The molecule has 2 saturated heterocycles. The first-order valence-electron chi connectivity index (χ1n) is 12.4. The molecule has 5 rings (SSSR count). The summed E-state index contributed by atoms with van der Waals surface area (Å²) >= 11 is 0. The zero-order valence-electron chi connectivity index (χ0n) is 20.1. The number of likely N-dealkylation sites (tertiary alicyclic amines) is 2. The SMILES string of the molecule is Cc1ccccc1C(=O)N1CCc2c(c(C(=O)N3CCC[C@H](C(=O)N4CCCC4)C3)nn2C)C1. The number of hydrogen-bond donors (Lipinski definition) is 0. The van der Waals surface area contributed by atoms with E-state index in [1.54, 1.807) is 9.58 Å². The van der Waals surface area contributed by atoms with Gasteiger partial charge in [0.15, 0.2) is 5.69 Å². The van der Waals surface area contributed by atoms with Crippen molar-refractivity contribution in [2.75, 3.05) is 32.7 Å². The smallest absolute Gasteiger partial charge is 0.274 e. The van der Waals surface area contributed by atoms with Crippen LogP contribution >= 0.6 is 0 Å². The Balaban J connectivity index is 1.34. The standard InChI is InChI=1S/C26H33N5O3/c1-18-8-3-4-10-20(18)25(33)31-15-11-22-21(17-31)23(27-28(22)2)26(34)30-14-7-9-19(16-30)24(32)29-12-5-6-13-29/h3-4,8,10,19H,5-7,9,11-17H2,1-2H3/t19-/m0/s1. The van der Waals surface area contributed by atoms with Crippen molar-refractivity contribution in [2.45, 2.75) is 45.6 Å². The van der Waals surface area contributed by atoms with Crippen molar-refractivity contribution in [3.63, 3.8) is 0 Å². The highest BCUT2D eigenvalue weighted by Crippen LogP contribution is 2.27. The van der Waals surface area contributed by atoms with Gasteiger partial charge in [0.2, 0.25) is 5.91 Å². The zero-order chi connectivity index (χ0) is 23.8. The van der Waals surface area contributed by atoms with Gasteiger partial charge in [0.05, 0.1) is 12.5 Å². The monoisotopic (exact) mass is 463 g/mol. The van der Waals surface area contributed by atoms with E-state index in [9.17, 15) is 14.4 Å². The Morgan fingerprint density at radius 1 is 0.912 bits per heavy atom. The minimum atomic E-state index is -0.130. The van der Waals surface area contributed by atoms with Crippen LogP contribution in [0.2, 0.25) is 0 Å². The molecule has 34 heavy (non-hydrogen) atoms. The Kier molecular flexibility index (Phi) is 6.15. The lowest BCUT2D eigenvalue weighted by Crippen LogP contribution is -2.46. The molecule has 3 amide bonds. The number of carbonyl (C=O) groups excluding carboxylic acids is 3. The van der Waals surface area contributed by atoms with Gasteiger partial charge in [-0.1, -0.05) is 18.2 Å². The first-order valence-corrected chi connectivity index (χ1v) is 12.4. The number of nitrogens with zero attached hydrogens (tertiary/aromatic N) is 5. The van der Waals surface area contributed by atoms with E-state index < -0.39 is 0 Å². The van der Waals surface area contributed by atoms with Crippen LogP contribution in [0.3, 0.4) is 0 Å². The van der Waals surface area contributed by atoms with E-state index in [2.05, 4.69) is 5.10 Å². The molecule has 8 heteroatoms. The van der Waals surface area contributed by atoms with E-state index >= 15 is 0 Å². The summed E-state index contributed by atoms with van der Waals surface area (Å²) in [6.45, 7) is 5.68. The number of benzene rings is 1. The second-order valence-electron chi connectivity index (χ2n) is 9.81. The molecule has 0 bridgehead atoms. The second-order valence-corrected chi connectivity index (χ2v) is 9.81. The molecule has 2 aromatic rings. The first-order chi connectivity index (χ1) is 16.4. The molecular weight excluding hydrogens is 430 g/mol. The molecule has 0 radical (unpaired) electrons. The second kappa shape index (κ2) is 9.24. The van der Waals surface area contributed by atoms with E-state index in [1.165, 1.54) is 0 Å². The maximum atomic E-state index is 13.6. The Morgan fingerprint density at radius 2 is 1.65 bits per heavy atom. The third-order valence-corrected chi connectivity index (χ3v) is 7.58. The lowest BCUT2D eigenvalue weighted by molar-refractivity contribution is -0.135. The van der Waals surface area contributed by atoms with Crippen molar-refractivity contribution >= 4 is 17.7 Å². The summed E-state index contributed by atoms with van der Waals surface area (Å²) in [5.41, 5.74) is 3.92. The Morgan fingerprint density at radius 3 is 2.41 bits per heavy atom. The number of aromatic nitrogens is 2. The molecule has 0 aliphatic carbocycles. The number of hydrogen-bond acceptors (Lipinski definition) is 4. The van der Waals surface area contributed by atoms with Gasteiger partial charge in [-0.3, -0.25) is 19.1 Å². The molecule has 0 unspecified atom stereocenters. The van der Waals surface area contributed by atoms with Crippen molar-refractivity contribution in [2.24, 2.45) is 13.0 Å². The fraction of sp³-hybridized carbons (Fsp3) is 0.538. The van der Waals surface area contributed by atoms with Gasteiger partial charge >= 0.3 is 0 Å². The average molecular weight is 464 g/mol. The summed E-state index contributed by atoms with van der Waals surface area (Å²) in [5.74, 6) is -0.0799. The molecule has 1 atom stereocenters. The summed E-state index contributed by atoms with van der Waals surface area (Å²) in [7, 11) is 1.87. The highest BCUT2D eigenvalue weighted by molar-refractivity contribution is 5.97. The predicted octanol–water partition coefficient (Wildman–Crippen LogP) is 2.40. The molecule has 2 fully saturated rings. The van der Waals surface area contributed by atoms with Crippen molar-refractivity contribution < 1.29 is 14.4 Å². The van der Waals surface area contributed by atoms with Gasteiger partial charge in [-0.05, 0) is 44.2 Å². The quantitative estimate of drug-likeness (QED) is 0.700. The van der Waals surface area contributed by atoms with E-state index in [-0.39, 0.29) is 23.6 Å². The van der Waals surface area contributed by atoms with Crippen LogP contribution in [-0.4, -0.2) is 74.9 Å². The molecule has 180 valence electrons. The zero-order valence-corrected chi connectivity index (χ0v) is 20.1. The van der Waals surface area contributed by atoms with Gasteiger partial charge < -0.3 is 14.7 Å². The van der Waals surface area contributed by atoms with Crippen LogP contribution in [0.25, 0.3) is 0 Å². The maximum Gasteiger partial charge on any atom is 0.274 e. The van der Waals surface area contributed by atoms with Gasteiger partial charge in [-0.15, -0.1) is 0 Å². The van der Waals surface area contributed by atoms with Crippen LogP contribution in [0.15, 0.2) is 24.3 Å². The van der Waals surface area contributed by atoms with E-state index in [4.69, 9.17) is 0 Å². The summed E-state index contributed by atoms with van der Waals surface area (Å²) < 4.78 is 1.79. The molecule has 1 aromatic heterocycles. The van der Waals surface area contributed by atoms with Crippen LogP contribution in [-0.2, 0) is 24.8 Å². The van der Waals surface area contributed by atoms with Gasteiger partial charge in [-0.25, -0.2) is 0 Å². The highest BCUT2D eigenvalue weighted by atomic mass is 16.2. The minimum absolute atomic E-state index is 0.0137. The molecule has 0 spiro atoms. The van der Waals surface area contributed by atoms with Crippen molar-refractivity contribution in [3.05, 3.63) is 52.3 Å². The van der Waals surface area contributed by atoms with Crippen LogP contribution in [0.4, 0.5) is 0 Å². The fourth-order valence-electron chi connectivity index (χ4n) is 5.63. The van der Waals surface area contributed by atoms with Gasteiger partial charge in [0.25, 0.3) is 11.8 Å². The molecule has 4 heterocycles. The molecule has 3 aliphatic rings. The van der Waals surface area contributed by atoms with E-state index in [1.807, 2.05) is 48.0 Å². The summed E-state index contributed by atoms with van der Waals surface area (Å²) in [5, 5.41) is 4.59. The van der Waals surface area contributed by atoms with Crippen molar-refractivity contribution in [3.8, 4) is 0 Å². The topological polar surface area (TPSA) is 78.8 Å². The molecule has 0 saturated carbocycles. The maximum absolute atomic E-state index is 13.6. The van der Waals surface area contributed by atoms with Gasteiger partial charge in [-0.2, -0.15) is 5.10 Å². The normalized spacial score (nSPS) is 20.4. The number of rotatable bonds is 3. The number of piperidine rings is 1. The van der Waals surface area contributed by atoms with Crippen molar-refractivity contribution in [1.82, 2.24) is 24.5 Å². The molecule has 8 nitrogen and oxygen atoms in total. The van der Waals surface area contributed by atoms with Crippen LogP contribution in [0, 0.1) is 12.8 Å². The van der Waals surface area contributed by atoms with Gasteiger partial charge in [0.1, 0.15) is 0 Å². The Bertz CT molecular complexity index is 1120. The van der Waals surface area contributed by atoms with E-state index in [0.717, 1.165) is 55.6 Å². The third-order valence-electron chi connectivity index (χ3n) is 7.58. The Hall–Kier alpha value is -3.16. The minimum Gasteiger partial charge on any atom is -0.342 e. The summed E-state index contributed by atoms with van der Waals surface area (Å²) in [4.78, 5) is 45.3.